The normalized spacial score (nSPS) is 21.0. The average molecular weight is 341 g/mol. The molecule has 1 saturated carbocycles. The molecule has 4 rings (SSSR count). The van der Waals surface area contributed by atoms with E-state index in [4.69, 9.17) is 9.26 Å². The van der Waals surface area contributed by atoms with Crippen molar-refractivity contribution < 1.29 is 14.1 Å². The topological polar surface area (TPSA) is 68.5 Å². The van der Waals surface area contributed by atoms with Crippen LogP contribution >= 0.6 is 0 Å². The molecule has 1 aliphatic carbocycles. The zero-order chi connectivity index (χ0) is 17.2. The van der Waals surface area contributed by atoms with Crippen molar-refractivity contribution in [2.24, 2.45) is 0 Å². The van der Waals surface area contributed by atoms with Crippen LogP contribution in [0.4, 0.5) is 0 Å². The molecule has 1 aromatic carbocycles. The molecule has 0 radical (unpaired) electrons. The molecule has 0 spiro atoms. The highest BCUT2D eigenvalue weighted by Gasteiger charge is 2.33. The number of likely N-dealkylation sites (tertiary alicyclic amines) is 1. The van der Waals surface area contributed by atoms with Crippen molar-refractivity contribution in [1.82, 2.24) is 15.0 Å². The van der Waals surface area contributed by atoms with Crippen LogP contribution in [-0.4, -0.2) is 33.6 Å². The summed E-state index contributed by atoms with van der Waals surface area (Å²) < 4.78 is 11.1. The molecule has 1 atom stereocenters. The van der Waals surface area contributed by atoms with Crippen LogP contribution in [0.5, 0.6) is 5.75 Å². The van der Waals surface area contributed by atoms with E-state index in [-0.39, 0.29) is 18.1 Å². The molecule has 0 bridgehead atoms. The molecule has 2 heterocycles. The lowest BCUT2D eigenvalue weighted by atomic mass is 10.1. The number of hydrogen-bond donors (Lipinski definition) is 0. The summed E-state index contributed by atoms with van der Waals surface area (Å²) in [6.07, 6.45) is 6.75. The lowest BCUT2D eigenvalue weighted by Gasteiger charge is -2.22. The SMILES string of the molecule is Cc1nc([C@@H]2CCCN2C(=O)c2cccc(OC3CCCC3)c2)no1. The molecule has 25 heavy (non-hydrogen) atoms. The summed E-state index contributed by atoms with van der Waals surface area (Å²) >= 11 is 0. The molecule has 2 aliphatic rings. The quantitative estimate of drug-likeness (QED) is 0.848. The maximum Gasteiger partial charge on any atom is 0.254 e. The predicted octanol–water partition coefficient (Wildman–Crippen LogP) is 3.68. The maximum atomic E-state index is 13.0. The number of benzene rings is 1. The zero-order valence-electron chi connectivity index (χ0n) is 14.5. The summed E-state index contributed by atoms with van der Waals surface area (Å²) in [5, 5.41) is 4.01. The summed E-state index contributed by atoms with van der Waals surface area (Å²) in [4.78, 5) is 19.2. The summed E-state index contributed by atoms with van der Waals surface area (Å²) in [5.74, 6) is 1.91. The molecule has 0 N–H and O–H groups in total. The molecule has 0 unspecified atom stereocenters. The molecular weight excluding hydrogens is 318 g/mol. The first-order valence-corrected chi connectivity index (χ1v) is 9.08. The third kappa shape index (κ3) is 3.38. The Morgan fingerprint density at radius 1 is 1.24 bits per heavy atom. The van der Waals surface area contributed by atoms with Gasteiger partial charge in [0.2, 0.25) is 5.89 Å². The van der Waals surface area contributed by atoms with Crippen molar-refractivity contribution in [1.29, 1.82) is 0 Å². The maximum absolute atomic E-state index is 13.0. The molecule has 6 heteroatoms. The van der Waals surface area contributed by atoms with Gasteiger partial charge >= 0.3 is 0 Å². The van der Waals surface area contributed by atoms with E-state index >= 15 is 0 Å². The fraction of sp³-hybridized carbons (Fsp3) is 0.526. The summed E-state index contributed by atoms with van der Waals surface area (Å²) in [6, 6.07) is 7.42. The number of amides is 1. The van der Waals surface area contributed by atoms with Crippen LogP contribution in [0, 0.1) is 6.92 Å². The van der Waals surface area contributed by atoms with Gasteiger partial charge in [0.1, 0.15) is 5.75 Å². The minimum atomic E-state index is -0.107. The molecule has 1 amide bonds. The Bertz CT molecular complexity index is 752. The van der Waals surface area contributed by atoms with Crippen molar-refractivity contribution in [3.8, 4) is 5.75 Å². The summed E-state index contributed by atoms with van der Waals surface area (Å²) in [7, 11) is 0. The number of carbonyl (C=O) groups is 1. The van der Waals surface area contributed by atoms with Crippen LogP contribution < -0.4 is 4.74 Å². The molecule has 1 saturated heterocycles. The van der Waals surface area contributed by atoms with E-state index in [2.05, 4.69) is 10.1 Å². The number of aryl methyl sites for hydroxylation is 1. The van der Waals surface area contributed by atoms with Crippen LogP contribution in [0.25, 0.3) is 0 Å². The van der Waals surface area contributed by atoms with Crippen molar-refractivity contribution in [2.45, 2.75) is 57.6 Å². The summed E-state index contributed by atoms with van der Waals surface area (Å²) in [5.41, 5.74) is 0.655. The van der Waals surface area contributed by atoms with Gasteiger partial charge in [0.15, 0.2) is 5.82 Å². The highest BCUT2D eigenvalue weighted by molar-refractivity contribution is 5.95. The lowest BCUT2D eigenvalue weighted by molar-refractivity contribution is 0.0727. The lowest BCUT2D eigenvalue weighted by Crippen LogP contribution is -2.31. The van der Waals surface area contributed by atoms with E-state index < -0.39 is 0 Å². The zero-order valence-corrected chi connectivity index (χ0v) is 14.5. The van der Waals surface area contributed by atoms with E-state index in [0.717, 1.165) is 31.4 Å². The average Bonchev–Trinajstić information content (AvgIpc) is 3.35. The first-order chi connectivity index (χ1) is 12.2. The van der Waals surface area contributed by atoms with Gasteiger partial charge in [-0.25, -0.2) is 0 Å². The van der Waals surface area contributed by atoms with Crippen molar-refractivity contribution in [3.63, 3.8) is 0 Å². The summed E-state index contributed by atoms with van der Waals surface area (Å²) in [6.45, 7) is 2.48. The second-order valence-corrected chi connectivity index (χ2v) is 6.88. The number of aromatic nitrogens is 2. The van der Waals surface area contributed by atoms with Crippen LogP contribution in [0.15, 0.2) is 28.8 Å². The van der Waals surface area contributed by atoms with Crippen LogP contribution in [0.1, 0.15) is 66.6 Å². The van der Waals surface area contributed by atoms with Gasteiger partial charge < -0.3 is 14.2 Å². The highest BCUT2D eigenvalue weighted by atomic mass is 16.5. The van der Waals surface area contributed by atoms with Gasteiger partial charge in [-0.15, -0.1) is 0 Å². The molecule has 2 fully saturated rings. The van der Waals surface area contributed by atoms with Gasteiger partial charge in [-0.05, 0) is 56.7 Å². The second-order valence-electron chi connectivity index (χ2n) is 6.88. The van der Waals surface area contributed by atoms with E-state index in [0.29, 0.717) is 23.8 Å². The molecule has 6 nitrogen and oxygen atoms in total. The highest BCUT2D eigenvalue weighted by Crippen LogP contribution is 2.32. The monoisotopic (exact) mass is 341 g/mol. The second kappa shape index (κ2) is 6.86. The smallest absolute Gasteiger partial charge is 0.254 e. The first-order valence-electron chi connectivity index (χ1n) is 9.08. The fourth-order valence-electron chi connectivity index (χ4n) is 3.80. The van der Waals surface area contributed by atoms with Crippen molar-refractivity contribution >= 4 is 5.91 Å². The Morgan fingerprint density at radius 2 is 2.08 bits per heavy atom. The molecule has 132 valence electrons. The van der Waals surface area contributed by atoms with Crippen LogP contribution in [0.3, 0.4) is 0 Å². The Labute approximate surface area is 147 Å². The largest absolute Gasteiger partial charge is 0.490 e. The van der Waals surface area contributed by atoms with Crippen LogP contribution in [-0.2, 0) is 0 Å². The molecular formula is C19H23N3O3. The van der Waals surface area contributed by atoms with Gasteiger partial charge in [0, 0.05) is 19.0 Å². The van der Waals surface area contributed by atoms with Crippen molar-refractivity contribution in [3.05, 3.63) is 41.5 Å². The number of carbonyl (C=O) groups excluding carboxylic acids is 1. The van der Waals surface area contributed by atoms with E-state index in [9.17, 15) is 4.79 Å². The molecule has 2 aromatic rings. The van der Waals surface area contributed by atoms with Gasteiger partial charge in [-0.2, -0.15) is 4.98 Å². The number of hydrogen-bond acceptors (Lipinski definition) is 5. The van der Waals surface area contributed by atoms with Crippen LogP contribution in [0.2, 0.25) is 0 Å². The van der Waals surface area contributed by atoms with Gasteiger partial charge in [-0.1, -0.05) is 11.2 Å². The standard InChI is InChI=1S/C19H23N3O3/c1-13-20-18(21-25-13)17-10-5-11-22(17)19(23)14-6-4-9-16(12-14)24-15-7-2-3-8-15/h4,6,9,12,15,17H,2-3,5,7-8,10-11H2,1H3/t17-/m0/s1. The van der Waals surface area contributed by atoms with E-state index in [1.807, 2.05) is 29.2 Å². The van der Waals surface area contributed by atoms with Crippen molar-refractivity contribution in [2.75, 3.05) is 6.54 Å². The minimum absolute atomic E-state index is 0.00169. The predicted molar refractivity (Wildman–Crippen MR) is 91.4 cm³/mol. The molecule has 1 aromatic heterocycles. The number of nitrogens with zero attached hydrogens (tertiary/aromatic N) is 3. The van der Waals surface area contributed by atoms with Gasteiger partial charge in [0.25, 0.3) is 5.91 Å². The Kier molecular flexibility index (Phi) is 4.42. The number of ether oxygens (including phenoxy) is 1. The minimum Gasteiger partial charge on any atom is -0.490 e. The Morgan fingerprint density at radius 3 is 2.84 bits per heavy atom. The molecule has 1 aliphatic heterocycles. The Balaban J connectivity index is 1.51. The van der Waals surface area contributed by atoms with E-state index in [1.54, 1.807) is 6.92 Å². The van der Waals surface area contributed by atoms with Gasteiger partial charge in [-0.3, -0.25) is 4.79 Å². The first kappa shape index (κ1) is 16.1. The third-order valence-corrected chi connectivity index (χ3v) is 5.04. The third-order valence-electron chi connectivity index (χ3n) is 5.04. The van der Waals surface area contributed by atoms with Gasteiger partial charge in [0.05, 0.1) is 12.1 Å². The number of rotatable bonds is 4. The fourth-order valence-corrected chi connectivity index (χ4v) is 3.80. The van der Waals surface area contributed by atoms with E-state index in [1.165, 1.54) is 12.8 Å². The Hall–Kier alpha value is -2.37.